The first-order chi connectivity index (χ1) is 7.18. The number of piperazine rings is 1. The second-order valence-corrected chi connectivity index (χ2v) is 5.75. The molecule has 2 rings (SSSR count). The van der Waals surface area contributed by atoms with Crippen LogP contribution in [-0.2, 0) is 0 Å². The minimum atomic E-state index is 1.23. The summed E-state index contributed by atoms with van der Waals surface area (Å²) in [4.78, 5) is 7.09. The topological polar surface area (TPSA) is 9.72 Å². The zero-order valence-corrected chi connectivity index (χ0v) is 11.2. The summed E-state index contributed by atoms with van der Waals surface area (Å²) in [6.45, 7) is 7.50. The van der Waals surface area contributed by atoms with Crippen LogP contribution in [-0.4, -0.2) is 86.6 Å². The van der Waals surface area contributed by atoms with Crippen LogP contribution in [0.1, 0.15) is 0 Å². The van der Waals surface area contributed by atoms with E-state index < -0.39 is 0 Å². The Kier molecular flexibility index (Phi) is 6.64. The molecule has 0 aromatic carbocycles. The monoisotopic (exact) mass is 231 g/mol. The van der Waals surface area contributed by atoms with Gasteiger partial charge in [-0.25, -0.2) is 0 Å². The zero-order chi connectivity index (χ0) is 11.1. The normalized spacial score (nSPS) is 25.8. The first-order valence-electron chi connectivity index (χ1n) is 5.82. The molecule has 4 heteroatoms. The fourth-order valence-electron chi connectivity index (χ4n) is 1.56. The third-order valence-corrected chi connectivity index (χ3v) is 3.90. The molecule has 15 heavy (non-hydrogen) atoms. The molecule has 0 bridgehead atoms. The van der Waals surface area contributed by atoms with Crippen molar-refractivity contribution in [3.8, 4) is 0 Å². The lowest BCUT2D eigenvalue weighted by Gasteiger charge is -2.28. The summed E-state index contributed by atoms with van der Waals surface area (Å²) in [5.41, 5.74) is 0. The summed E-state index contributed by atoms with van der Waals surface area (Å²) in [7, 11) is 6.53. The third kappa shape index (κ3) is 6.40. The average Bonchev–Trinajstić information content (AvgIpc) is 2.25. The van der Waals surface area contributed by atoms with E-state index in [4.69, 9.17) is 0 Å². The second-order valence-electron chi connectivity index (χ2n) is 4.52. The van der Waals surface area contributed by atoms with Gasteiger partial charge in [-0.05, 0) is 21.1 Å². The number of hydrogen-bond acceptors (Lipinski definition) is 4. The van der Waals surface area contributed by atoms with E-state index in [0.29, 0.717) is 0 Å². The van der Waals surface area contributed by atoms with E-state index in [0.717, 1.165) is 0 Å². The SMILES string of the molecule is CN1CCN(C)CC1.CN1CCSCC1. The summed E-state index contributed by atoms with van der Waals surface area (Å²) in [5, 5.41) is 0. The van der Waals surface area contributed by atoms with Gasteiger partial charge < -0.3 is 14.7 Å². The van der Waals surface area contributed by atoms with Crippen LogP contribution >= 0.6 is 11.8 Å². The molecule has 0 radical (unpaired) electrons. The Morgan fingerprint density at radius 1 is 0.600 bits per heavy atom. The van der Waals surface area contributed by atoms with Crippen LogP contribution in [0.3, 0.4) is 0 Å². The van der Waals surface area contributed by atoms with Gasteiger partial charge >= 0.3 is 0 Å². The van der Waals surface area contributed by atoms with E-state index in [2.05, 4.69) is 47.6 Å². The van der Waals surface area contributed by atoms with Gasteiger partial charge in [-0.2, -0.15) is 11.8 Å². The fraction of sp³-hybridized carbons (Fsp3) is 1.00. The smallest absolute Gasteiger partial charge is 0.0107 e. The minimum absolute atomic E-state index is 1.23. The number of likely N-dealkylation sites (N-methyl/N-ethyl adjacent to an activating group) is 2. The van der Waals surface area contributed by atoms with Gasteiger partial charge in [-0.1, -0.05) is 0 Å². The van der Waals surface area contributed by atoms with E-state index in [1.54, 1.807) is 0 Å². The first-order valence-corrected chi connectivity index (χ1v) is 6.97. The number of rotatable bonds is 0. The summed E-state index contributed by atoms with van der Waals surface area (Å²) in [6.07, 6.45) is 0. The van der Waals surface area contributed by atoms with Crippen molar-refractivity contribution in [2.75, 3.05) is 71.9 Å². The van der Waals surface area contributed by atoms with E-state index >= 15 is 0 Å². The molecule has 0 N–H and O–H groups in total. The van der Waals surface area contributed by atoms with Gasteiger partial charge in [-0.15, -0.1) is 0 Å². The van der Waals surface area contributed by atoms with Crippen LogP contribution < -0.4 is 0 Å². The highest BCUT2D eigenvalue weighted by molar-refractivity contribution is 7.99. The van der Waals surface area contributed by atoms with Gasteiger partial charge in [-0.3, -0.25) is 0 Å². The predicted molar refractivity (Wildman–Crippen MR) is 69.8 cm³/mol. The zero-order valence-electron chi connectivity index (χ0n) is 10.4. The number of nitrogens with zero attached hydrogens (tertiary/aromatic N) is 3. The standard InChI is InChI=1S/C6H14N2.C5H11NS/c1-7-3-5-8(2)6-4-7;1-6-2-4-7-5-3-6/h3-6H2,1-2H3;2-5H2,1H3. The second kappa shape index (κ2) is 7.49. The van der Waals surface area contributed by atoms with Gasteiger partial charge in [0.1, 0.15) is 0 Å². The molecule has 0 aliphatic carbocycles. The largest absolute Gasteiger partial charge is 0.305 e. The average molecular weight is 231 g/mol. The van der Waals surface area contributed by atoms with Crippen LogP contribution in [0.5, 0.6) is 0 Å². The van der Waals surface area contributed by atoms with E-state index in [1.165, 1.54) is 50.8 Å². The first kappa shape index (κ1) is 13.3. The molecular weight excluding hydrogens is 206 g/mol. The van der Waals surface area contributed by atoms with Crippen molar-refractivity contribution in [3.05, 3.63) is 0 Å². The van der Waals surface area contributed by atoms with Gasteiger partial charge in [0, 0.05) is 50.8 Å². The maximum atomic E-state index is 2.37. The summed E-state index contributed by atoms with van der Waals surface area (Å²) < 4.78 is 0. The van der Waals surface area contributed by atoms with E-state index in [1.807, 2.05) is 0 Å². The van der Waals surface area contributed by atoms with Crippen molar-refractivity contribution in [2.45, 2.75) is 0 Å². The van der Waals surface area contributed by atoms with Crippen molar-refractivity contribution in [1.82, 2.24) is 14.7 Å². The Morgan fingerprint density at radius 2 is 0.933 bits per heavy atom. The van der Waals surface area contributed by atoms with Gasteiger partial charge in [0.05, 0.1) is 0 Å². The summed E-state index contributed by atoms with van der Waals surface area (Å²) >= 11 is 2.06. The molecule has 0 unspecified atom stereocenters. The van der Waals surface area contributed by atoms with Gasteiger partial charge in [0.15, 0.2) is 0 Å². The van der Waals surface area contributed by atoms with Crippen molar-refractivity contribution in [2.24, 2.45) is 0 Å². The highest BCUT2D eigenvalue weighted by atomic mass is 32.2. The van der Waals surface area contributed by atoms with Gasteiger partial charge in [0.2, 0.25) is 0 Å². The quantitative estimate of drug-likeness (QED) is 0.601. The molecule has 0 atom stereocenters. The van der Waals surface area contributed by atoms with Gasteiger partial charge in [0.25, 0.3) is 0 Å². The molecule has 3 nitrogen and oxygen atoms in total. The molecular formula is C11H25N3S. The highest BCUT2D eigenvalue weighted by Gasteiger charge is 2.07. The lowest BCUT2D eigenvalue weighted by atomic mass is 10.4. The molecule has 2 saturated heterocycles. The van der Waals surface area contributed by atoms with Crippen molar-refractivity contribution in [3.63, 3.8) is 0 Å². The Balaban J connectivity index is 0.000000151. The Bertz CT molecular complexity index is 142. The third-order valence-electron chi connectivity index (χ3n) is 2.96. The molecule has 2 aliphatic heterocycles. The lowest BCUT2D eigenvalue weighted by molar-refractivity contribution is 0.181. The Hall–Kier alpha value is 0.230. The van der Waals surface area contributed by atoms with E-state index in [-0.39, 0.29) is 0 Å². The van der Waals surface area contributed by atoms with Crippen LogP contribution in [0.25, 0.3) is 0 Å². The number of thioether (sulfide) groups is 1. The predicted octanol–water partition coefficient (Wildman–Crippen LogP) is 0.529. The fourth-order valence-corrected chi connectivity index (χ4v) is 2.65. The maximum Gasteiger partial charge on any atom is 0.0107 e. The van der Waals surface area contributed by atoms with Crippen LogP contribution in [0, 0.1) is 0 Å². The van der Waals surface area contributed by atoms with Crippen molar-refractivity contribution < 1.29 is 0 Å². The minimum Gasteiger partial charge on any atom is -0.305 e. The number of hydrogen-bond donors (Lipinski definition) is 0. The van der Waals surface area contributed by atoms with E-state index in [9.17, 15) is 0 Å². The van der Waals surface area contributed by atoms with Crippen LogP contribution in [0.15, 0.2) is 0 Å². The molecule has 0 aromatic rings. The summed E-state index contributed by atoms with van der Waals surface area (Å²) in [6, 6.07) is 0. The molecule has 2 fully saturated rings. The molecule has 0 aromatic heterocycles. The maximum absolute atomic E-state index is 2.37. The van der Waals surface area contributed by atoms with Crippen molar-refractivity contribution in [1.29, 1.82) is 0 Å². The Labute approximate surface area is 98.8 Å². The molecule has 2 aliphatic rings. The lowest BCUT2D eigenvalue weighted by Crippen LogP contribution is -2.42. The molecule has 90 valence electrons. The van der Waals surface area contributed by atoms with Crippen LogP contribution in [0.2, 0.25) is 0 Å². The van der Waals surface area contributed by atoms with Crippen molar-refractivity contribution >= 4 is 11.8 Å². The molecule has 0 saturated carbocycles. The van der Waals surface area contributed by atoms with Crippen LogP contribution in [0.4, 0.5) is 0 Å². The summed E-state index contributed by atoms with van der Waals surface area (Å²) in [5.74, 6) is 2.66. The molecule has 2 heterocycles. The molecule has 0 spiro atoms. The molecule has 0 amide bonds. The highest BCUT2D eigenvalue weighted by Crippen LogP contribution is 2.05. The Morgan fingerprint density at radius 3 is 1.20 bits per heavy atom.